The normalized spacial score (nSPS) is 10.3. The van der Waals surface area contributed by atoms with E-state index in [1.54, 1.807) is 0 Å². The first-order chi connectivity index (χ1) is 9.47. The fraction of sp³-hybridized carbons (Fsp3) is 0.0714. The van der Waals surface area contributed by atoms with Crippen molar-refractivity contribution < 1.29 is 23.4 Å². The van der Waals surface area contributed by atoms with Crippen LogP contribution in [0.15, 0.2) is 36.4 Å². The minimum Gasteiger partial charge on any atom is -0.488 e. The van der Waals surface area contributed by atoms with Crippen molar-refractivity contribution in [3.05, 3.63) is 64.2 Å². The molecule has 0 aromatic heterocycles. The van der Waals surface area contributed by atoms with Gasteiger partial charge in [-0.25, -0.2) is 13.6 Å². The first kappa shape index (κ1) is 14.3. The van der Waals surface area contributed by atoms with Gasteiger partial charge in [0.05, 0.1) is 0 Å². The lowest BCUT2D eigenvalue weighted by Gasteiger charge is -2.10. The van der Waals surface area contributed by atoms with Gasteiger partial charge in [0.15, 0.2) is 11.6 Å². The number of carboxylic acid groups (broad SMARTS) is 1. The van der Waals surface area contributed by atoms with Crippen molar-refractivity contribution in [3.8, 4) is 5.75 Å². The molecule has 104 valence electrons. The summed E-state index contributed by atoms with van der Waals surface area (Å²) in [4.78, 5) is 11.0. The van der Waals surface area contributed by atoms with Crippen molar-refractivity contribution in [2.24, 2.45) is 0 Å². The Morgan fingerprint density at radius 1 is 1.15 bits per heavy atom. The van der Waals surface area contributed by atoms with E-state index >= 15 is 0 Å². The molecule has 6 heteroatoms. The number of hydrogen-bond donors (Lipinski definition) is 1. The summed E-state index contributed by atoms with van der Waals surface area (Å²) in [5.74, 6) is -3.05. The van der Waals surface area contributed by atoms with Gasteiger partial charge in [0.1, 0.15) is 17.9 Å². The molecule has 0 fully saturated rings. The third-order valence-electron chi connectivity index (χ3n) is 2.55. The fourth-order valence-electron chi connectivity index (χ4n) is 1.58. The summed E-state index contributed by atoms with van der Waals surface area (Å²) in [6.45, 7) is -0.0994. The van der Waals surface area contributed by atoms with Crippen molar-refractivity contribution in [2.75, 3.05) is 0 Å². The summed E-state index contributed by atoms with van der Waals surface area (Å²) in [7, 11) is 0. The summed E-state index contributed by atoms with van der Waals surface area (Å²) in [5.41, 5.74) is 0.317. The maximum atomic E-state index is 13.0. The molecule has 2 aromatic carbocycles. The second-order valence-electron chi connectivity index (χ2n) is 3.98. The van der Waals surface area contributed by atoms with E-state index in [2.05, 4.69) is 0 Å². The van der Waals surface area contributed by atoms with Gasteiger partial charge in [0.2, 0.25) is 0 Å². The van der Waals surface area contributed by atoms with E-state index in [1.807, 2.05) is 0 Å². The van der Waals surface area contributed by atoms with Crippen LogP contribution in [0.1, 0.15) is 15.9 Å². The van der Waals surface area contributed by atoms with Gasteiger partial charge in [-0.05, 0) is 35.9 Å². The van der Waals surface area contributed by atoms with E-state index in [1.165, 1.54) is 24.3 Å². The van der Waals surface area contributed by atoms with E-state index in [9.17, 15) is 13.6 Å². The van der Waals surface area contributed by atoms with Gasteiger partial charge in [-0.15, -0.1) is 0 Å². The van der Waals surface area contributed by atoms with Gasteiger partial charge in [-0.1, -0.05) is 17.7 Å². The highest BCUT2D eigenvalue weighted by atomic mass is 35.5. The number of halogens is 3. The number of aromatic carboxylic acids is 1. The molecule has 0 bridgehead atoms. The molecule has 20 heavy (non-hydrogen) atoms. The van der Waals surface area contributed by atoms with Crippen LogP contribution in [-0.4, -0.2) is 11.1 Å². The van der Waals surface area contributed by atoms with Gasteiger partial charge in [0.25, 0.3) is 0 Å². The van der Waals surface area contributed by atoms with Crippen molar-refractivity contribution >= 4 is 17.6 Å². The Labute approximate surface area is 118 Å². The number of hydrogen-bond acceptors (Lipinski definition) is 2. The number of carbonyl (C=O) groups is 1. The van der Waals surface area contributed by atoms with Crippen LogP contribution in [-0.2, 0) is 6.61 Å². The van der Waals surface area contributed by atoms with Crippen molar-refractivity contribution in [2.45, 2.75) is 6.61 Å². The minimum absolute atomic E-state index is 0.0583. The van der Waals surface area contributed by atoms with E-state index in [-0.39, 0.29) is 17.9 Å². The molecule has 0 unspecified atom stereocenters. The Balaban J connectivity index is 2.20. The predicted octanol–water partition coefficient (Wildman–Crippen LogP) is 3.90. The van der Waals surface area contributed by atoms with Crippen LogP contribution in [0, 0.1) is 11.6 Å². The van der Waals surface area contributed by atoms with E-state index in [4.69, 9.17) is 21.4 Å². The number of benzene rings is 2. The molecule has 2 rings (SSSR count). The molecule has 0 atom stereocenters. The zero-order valence-electron chi connectivity index (χ0n) is 10.1. The molecule has 0 saturated heterocycles. The van der Waals surface area contributed by atoms with Crippen molar-refractivity contribution in [1.29, 1.82) is 0 Å². The second kappa shape index (κ2) is 5.88. The molecular weight excluding hydrogens is 290 g/mol. The first-order valence-electron chi connectivity index (χ1n) is 5.57. The standard InChI is InChI=1S/C14H9ClF2O3/c15-9-2-3-10(14(18)19)13(6-9)20-7-8-1-4-11(16)12(17)5-8/h1-6H,7H2,(H,18,19). The molecule has 0 amide bonds. The highest BCUT2D eigenvalue weighted by Crippen LogP contribution is 2.24. The summed E-state index contributed by atoms with van der Waals surface area (Å²) >= 11 is 5.77. The molecule has 0 aliphatic heterocycles. The van der Waals surface area contributed by atoms with Crippen LogP contribution in [0.4, 0.5) is 8.78 Å². The first-order valence-corrected chi connectivity index (χ1v) is 5.95. The topological polar surface area (TPSA) is 46.5 Å². The largest absolute Gasteiger partial charge is 0.488 e. The van der Waals surface area contributed by atoms with E-state index < -0.39 is 17.6 Å². The van der Waals surface area contributed by atoms with Crippen LogP contribution >= 0.6 is 11.6 Å². The summed E-state index contributed by atoms with van der Waals surface area (Å²) in [5, 5.41) is 9.32. The third-order valence-corrected chi connectivity index (χ3v) is 2.79. The quantitative estimate of drug-likeness (QED) is 0.931. The molecule has 0 saturated carbocycles. The molecule has 2 aromatic rings. The molecule has 1 N–H and O–H groups in total. The predicted molar refractivity (Wildman–Crippen MR) is 69.1 cm³/mol. The number of carboxylic acids is 1. The zero-order valence-corrected chi connectivity index (χ0v) is 10.8. The Bertz CT molecular complexity index is 659. The highest BCUT2D eigenvalue weighted by molar-refractivity contribution is 6.30. The monoisotopic (exact) mass is 298 g/mol. The van der Waals surface area contributed by atoms with E-state index in [0.29, 0.717) is 10.6 Å². The Morgan fingerprint density at radius 3 is 2.55 bits per heavy atom. The van der Waals surface area contributed by atoms with Gasteiger partial charge >= 0.3 is 5.97 Å². The van der Waals surface area contributed by atoms with Crippen molar-refractivity contribution in [3.63, 3.8) is 0 Å². The van der Waals surface area contributed by atoms with Gasteiger partial charge in [-0.3, -0.25) is 0 Å². The molecule has 0 aliphatic carbocycles. The van der Waals surface area contributed by atoms with Gasteiger partial charge in [-0.2, -0.15) is 0 Å². The smallest absolute Gasteiger partial charge is 0.339 e. The lowest BCUT2D eigenvalue weighted by Crippen LogP contribution is -2.03. The van der Waals surface area contributed by atoms with Crippen LogP contribution in [0.3, 0.4) is 0 Å². The average molecular weight is 299 g/mol. The zero-order chi connectivity index (χ0) is 14.7. The lowest BCUT2D eigenvalue weighted by atomic mass is 10.2. The summed E-state index contributed by atoms with van der Waals surface area (Å²) < 4.78 is 31.1. The molecule has 0 spiro atoms. The highest BCUT2D eigenvalue weighted by Gasteiger charge is 2.12. The minimum atomic E-state index is -1.16. The van der Waals surface area contributed by atoms with Crippen LogP contribution in [0.2, 0.25) is 5.02 Å². The Hall–Kier alpha value is -2.14. The van der Waals surface area contributed by atoms with Gasteiger partial charge < -0.3 is 9.84 Å². The molecule has 0 radical (unpaired) electrons. The maximum absolute atomic E-state index is 13.0. The number of ether oxygens (including phenoxy) is 1. The second-order valence-corrected chi connectivity index (χ2v) is 4.42. The Morgan fingerprint density at radius 2 is 1.90 bits per heavy atom. The molecule has 3 nitrogen and oxygen atoms in total. The number of rotatable bonds is 4. The summed E-state index contributed by atoms with van der Waals surface area (Å²) in [6.07, 6.45) is 0. The molecule has 0 heterocycles. The fourth-order valence-corrected chi connectivity index (χ4v) is 1.74. The average Bonchev–Trinajstić information content (AvgIpc) is 2.40. The van der Waals surface area contributed by atoms with E-state index in [0.717, 1.165) is 12.1 Å². The SMILES string of the molecule is O=C(O)c1ccc(Cl)cc1OCc1ccc(F)c(F)c1. The van der Waals surface area contributed by atoms with Crippen LogP contribution in [0.25, 0.3) is 0 Å². The van der Waals surface area contributed by atoms with Crippen LogP contribution in [0.5, 0.6) is 5.75 Å². The van der Waals surface area contributed by atoms with Gasteiger partial charge in [0, 0.05) is 5.02 Å². The molecule has 0 aliphatic rings. The van der Waals surface area contributed by atoms with Crippen molar-refractivity contribution in [1.82, 2.24) is 0 Å². The summed E-state index contributed by atoms with van der Waals surface area (Å²) in [6, 6.07) is 7.40. The van der Waals surface area contributed by atoms with Crippen LogP contribution < -0.4 is 4.74 Å². The lowest BCUT2D eigenvalue weighted by molar-refractivity contribution is 0.0691. The third kappa shape index (κ3) is 3.24. The Kier molecular flexibility index (Phi) is 4.20. The molecular formula is C14H9ClF2O3. The maximum Gasteiger partial charge on any atom is 0.339 e.